The second-order valence-corrected chi connectivity index (χ2v) is 4.09. The van der Waals surface area contributed by atoms with E-state index in [0.717, 1.165) is 10.5 Å². The summed E-state index contributed by atoms with van der Waals surface area (Å²) in [5.74, 6) is -0.356. The Morgan fingerprint density at radius 2 is 2.28 bits per heavy atom. The Labute approximate surface area is 103 Å². The monoisotopic (exact) mass is 251 g/mol. The number of nitrogens with one attached hydrogen (secondary N) is 2. The molecule has 0 radical (unpaired) electrons. The number of hydrogen-bond acceptors (Lipinski definition) is 4. The second kappa shape index (κ2) is 4.47. The van der Waals surface area contributed by atoms with Gasteiger partial charge in [-0.25, -0.2) is 4.79 Å². The number of anilines is 1. The molecular formula is C10H13N5O3. The van der Waals surface area contributed by atoms with Crippen LogP contribution in [0.4, 0.5) is 10.6 Å². The molecule has 8 heteroatoms. The number of urea groups is 1. The van der Waals surface area contributed by atoms with Crippen molar-refractivity contribution < 1.29 is 14.4 Å². The van der Waals surface area contributed by atoms with Crippen LogP contribution in [0.2, 0.25) is 0 Å². The maximum absolute atomic E-state index is 11.7. The standard InChI is InChI=1S/C10H13N5O3/c1-6-3-11-13-9(6)12-7(16)4-15-8(17)5-14(2)10(15)18/h3H,4-5H2,1-2H3,(H2,11,12,13,16). The number of carbonyl (C=O) groups is 3. The normalized spacial score (nSPS) is 15.4. The number of aromatic amines is 1. The van der Waals surface area contributed by atoms with E-state index < -0.39 is 11.9 Å². The molecule has 4 amide bonds. The summed E-state index contributed by atoms with van der Waals surface area (Å²) >= 11 is 0. The van der Waals surface area contributed by atoms with Gasteiger partial charge in [-0.3, -0.25) is 19.6 Å². The van der Waals surface area contributed by atoms with Crippen molar-refractivity contribution in [2.24, 2.45) is 0 Å². The van der Waals surface area contributed by atoms with Crippen molar-refractivity contribution in [3.05, 3.63) is 11.8 Å². The van der Waals surface area contributed by atoms with E-state index >= 15 is 0 Å². The summed E-state index contributed by atoms with van der Waals surface area (Å²) in [4.78, 5) is 36.9. The third-order valence-corrected chi connectivity index (χ3v) is 2.63. The molecule has 1 aliphatic rings. The average Bonchev–Trinajstić information content (AvgIpc) is 2.79. The highest BCUT2D eigenvalue weighted by Crippen LogP contribution is 2.10. The molecule has 1 aliphatic heterocycles. The Morgan fingerprint density at radius 1 is 1.56 bits per heavy atom. The fraction of sp³-hybridized carbons (Fsp3) is 0.400. The molecule has 96 valence electrons. The summed E-state index contributed by atoms with van der Waals surface area (Å²) in [6, 6.07) is -0.462. The van der Waals surface area contributed by atoms with E-state index in [0.29, 0.717) is 5.82 Å². The molecule has 0 bridgehead atoms. The van der Waals surface area contributed by atoms with E-state index in [-0.39, 0.29) is 19.0 Å². The van der Waals surface area contributed by atoms with Crippen LogP contribution in [0.3, 0.4) is 0 Å². The molecule has 2 N–H and O–H groups in total. The Balaban J connectivity index is 1.98. The van der Waals surface area contributed by atoms with Gasteiger partial charge in [0.25, 0.3) is 5.91 Å². The fourth-order valence-electron chi connectivity index (χ4n) is 1.62. The van der Waals surface area contributed by atoms with Crippen molar-refractivity contribution >= 4 is 23.7 Å². The van der Waals surface area contributed by atoms with E-state index in [2.05, 4.69) is 15.5 Å². The Bertz CT molecular complexity index is 509. The van der Waals surface area contributed by atoms with Crippen molar-refractivity contribution in [3.63, 3.8) is 0 Å². The Hall–Kier alpha value is -2.38. The zero-order valence-electron chi connectivity index (χ0n) is 10.1. The highest BCUT2D eigenvalue weighted by atomic mass is 16.2. The van der Waals surface area contributed by atoms with Crippen LogP contribution in [0, 0.1) is 6.92 Å². The number of amides is 4. The first kappa shape index (κ1) is 12.1. The minimum Gasteiger partial charge on any atom is -0.318 e. The van der Waals surface area contributed by atoms with Crippen LogP contribution in [0.1, 0.15) is 5.56 Å². The zero-order chi connectivity index (χ0) is 13.3. The van der Waals surface area contributed by atoms with Gasteiger partial charge in [0.15, 0.2) is 0 Å². The minimum absolute atomic E-state index is 0.00913. The van der Waals surface area contributed by atoms with Crippen molar-refractivity contribution in [2.75, 3.05) is 25.5 Å². The van der Waals surface area contributed by atoms with Crippen molar-refractivity contribution in [3.8, 4) is 0 Å². The molecule has 1 saturated heterocycles. The van der Waals surface area contributed by atoms with Gasteiger partial charge >= 0.3 is 6.03 Å². The van der Waals surface area contributed by atoms with E-state index in [4.69, 9.17) is 0 Å². The SMILES string of the molecule is Cc1cn[nH]c1NC(=O)CN1C(=O)CN(C)C1=O. The molecule has 1 aromatic rings. The molecule has 1 fully saturated rings. The second-order valence-electron chi connectivity index (χ2n) is 4.09. The van der Waals surface area contributed by atoms with Crippen LogP contribution in [-0.4, -0.2) is 58.0 Å². The molecule has 1 aromatic heterocycles. The third-order valence-electron chi connectivity index (χ3n) is 2.63. The van der Waals surface area contributed by atoms with Crippen LogP contribution >= 0.6 is 0 Å². The number of aromatic nitrogens is 2. The zero-order valence-corrected chi connectivity index (χ0v) is 10.1. The largest absolute Gasteiger partial charge is 0.327 e. The van der Waals surface area contributed by atoms with E-state index in [1.54, 1.807) is 13.1 Å². The molecule has 2 rings (SSSR count). The van der Waals surface area contributed by atoms with Gasteiger partial charge in [0.2, 0.25) is 5.91 Å². The molecule has 2 heterocycles. The molecule has 0 spiro atoms. The van der Waals surface area contributed by atoms with Crippen molar-refractivity contribution in [1.82, 2.24) is 20.0 Å². The first-order chi connectivity index (χ1) is 8.49. The Kier molecular flexibility index (Phi) is 3.00. The van der Waals surface area contributed by atoms with Gasteiger partial charge in [0.05, 0.1) is 6.20 Å². The number of rotatable bonds is 3. The molecular weight excluding hydrogens is 238 g/mol. The predicted octanol–water partition coefficient (Wildman–Crippen LogP) is -0.449. The van der Waals surface area contributed by atoms with Gasteiger partial charge in [-0.05, 0) is 6.92 Å². The number of nitrogens with zero attached hydrogens (tertiary/aromatic N) is 3. The van der Waals surface area contributed by atoms with Crippen LogP contribution < -0.4 is 5.32 Å². The molecule has 8 nitrogen and oxygen atoms in total. The summed E-state index contributed by atoms with van der Waals surface area (Å²) in [6.45, 7) is 1.49. The van der Waals surface area contributed by atoms with Gasteiger partial charge in [-0.15, -0.1) is 0 Å². The highest BCUT2D eigenvalue weighted by Gasteiger charge is 2.34. The molecule has 0 atom stereocenters. The number of likely N-dealkylation sites (N-methyl/N-ethyl adjacent to an activating group) is 1. The van der Waals surface area contributed by atoms with Gasteiger partial charge in [0.1, 0.15) is 18.9 Å². The number of H-pyrrole nitrogens is 1. The first-order valence-electron chi connectivity index (χ1n) is 5.34. The van der Waals surface area contributed by atoms with Crippen molar-refractivity contribution in [2.45, 2.75) is 6.92 Å². The van der Waals surface area contributed by atoms with Gasteiger partial charge in [0, 0.05) is 12.6 Å². The molecule has 0 unspecified atom stereocenters. The lowest BCUT2D eigenvalue weighted by atomic mass is 10.3. The smallest absolute Gasteiger partial charge is 0.318 e. The topological polar surface area (TPSA) is 98.4 Å². The molecule has 0 saturated carbocycles. The Morgan fingerprint density at radius 3 is 2.78 bits per heavy atom. The summed E-state index contributed by atoms with van der Waals surface area (Å²) in [7, 11) is 1.51. The summed E-state index contributed by atoms with van der Waals surface area (Å²) in [5.41, 5.74) is 0.777. The highest BCUT2D eigenvalue weighted by molar-refractivity contribution is 6.06. The van der Waals surface area contributed by atoms with E-state index in [1.165, 1.54) is 11.9 Å². The summed E-state index contributed by atoms with van der Waals surface area (Å²) < 4.78 is 0. The molecule has 18 heavy (non-hydrogen) atoms. The third kappa shape index (κ3) is 2.17. The molecule has 0 aliphatic carbocycles. The average molecular weight is 251 g/mol. The van der Waals surface area contributed by atoms with Gasteiger partial charge in [-0.2, -0.15) is 5.10 Å². The summed E-state index contributed by atoms with van der Waals surface area (Å²) in [5, 5.41) is 8.92. The van der Waals surface area contributed by atoms with E-state index in [9.17, 15) is 14.4 Å². The minimum atomic E-state index is -0.462. The number of imide groups is 1. The number of hydrogen-bond donors (Lipinski definition) is 2. The van der Waals surface area contributed by atoms with Gasteiger partial charge in [-0.1, -0.05) is 0 Å². The lowest BCUT2D eigenvalue weighted by Crippen LogP contribution is -2.38. The van der Waals surface area contributed by atoms with Crippen LogP contribution in [0.5, 0.6) is 0 Å². The van der Waals surface area contributed by atoms with Crippen LogP contribution in [0.15, 0.2) is 6.20 Å². The van der Waals surface area contributed by atoms with E-state index in [1.807, 2.05) is 0 Å². The summed E-state index contributed by atoms with van der Waals surface area (Å²) in [6.07, 6.45) is 1.57. The number of aryl methyl sites for hydroxylation is 1. The maximum Gasteiger partial charge on any atom is 0.327 e. The lowest BCUT2D eigenvalue weighted by Gasteiger charge is -2.13. The lowest BCUT2D eigenvalue weighted by molar-refractivity contribution is -0.129. The first-order valence-corrected chi connectivity index (χ1v) is 5.34. The quantitative estimate of drug-likeness (QED) is 0.711. The molecule has 0 aromatic carbocycles. The van der Waals surface area contributed by atoms with Crippen molar-refractivity contribution in [1.29, 1.82) is 0 Å². The maximum atomic E-state index is 11.7. The van der Waals surface area contributed by atoms with Crippen LogP contribution in [-0.2, 0) is 9.59 Å². The predicted molar refractivity (Wildman–Crippen MR) is 61.7 cm³/mol. The fourth-order valence-corrected chi connectivity index (χ4v) is 1.62. The van der Waals surface area contributed by atoms with Crippen LogP contribution in [0.25, 0.3) is 0 Å². The number of carbonyl (C=O) groups excluding carboxylic acids is 3. The van der Waals surface area contributed by atoms with Gasteiger partial charge < -0.3 is 10.2 Å².